The number of benzene rings is 1. The van der Waals surface area contributed by atoms with Gasteiger partial charge in [-0.2, -0.15) is 0 Å². The molecule has 0 aromatic heterocycles. The molecule has 1 unspecified atom stereocenters. The SMILES string of the molecule is CCCC(C)N(C(=O)C(C)C)c1cc(C)ccc1F. The van der Waals surface area contributed by atoms with E-state index in [0.29, 0.717) is 5.69 Å². The second-order valence-corrected chi connectivity index (χ2v) is 5.46. The lowest BCUT2D eigenvalue weighted by Crippen LogP contribution is -2.41. The Hall–Kier alpha value is -1.38. The molecule has 3 heteroatoms. The number of halogens is 1. The van der Waals surface area contributed by atoms with Crippen molar-refractivity contribution in [2.45, 2.75) is 53.5 Å². The predicted molar refractivity (Wildman–Crippen MR) is 77.8 cm³/mol. The summed E-state index contributed by atoms with van der Waals surface area (Å²) in [4.78, 5) is 14.0. The van der Waals surface area contributed by atoms with Crippen LogP contribution in [0, 0.1) is 18.7 Å². The maximum atomic E-state index is 14.1. The number of amides is 1. The third kappa shape index (κ3) is 3.79. The molecule has 1 rings (SSSR count). The molecule has 0 spiro atoms. The van der Waals surface area contributed by atoms with Gasteiger partial charge in [0, 0.05) is 12.0 Å². The molecule has 1 amide bonds. The zero-order chi connectivity index (χ0) is 14.6. The van der Waals surface area contributed by atoms with Gasteiger partial charge in [0.05, 0.1) is 5.69 Å². The normalized spacial score (nSPS) is 12.6. The van der Waals surface area contributed by atoms with Crippen molar-refractivity contribution < 1.29 is 9.18 Å². The lowest BCUT2D eigenvalue weighted by Gasteiger charge is -2.31. The Morgan fingerprint density at radius 2 is 1.95 bits per heavy atom. The Morgan fingerprint density at radius 3 is 2.47 bits per heavy atom. The topological polar surface area (TPSA) is 20.3 Å². The van der Waals surface area contributed by atoms with E-state index >= 15 is 0 Å². The number of anilines is 1. The van der Waals surface area contributed by atoms with E-state index in [-0.39, 0.29) is 23.7 Å². The number of hydrogen-bond acceptors (Lipinski definition) is 1. The monoisotopic (exact) mass is 265 g/mol. The summed E-state index contributed by atoms with van der Waals surface area (Å²) in [7, 11) is 0. The van der Waals surface area contributed by atoms with Crippen molar-refractivity contribution in [1.29, 1.82) is 0 Å². The minimum atomic E-state index is -0.331. The maximum absolute atomic E-state index is 14.1. The van der Waals surface area contributed by atoms with Crippen molar-refractivity contribution in [3.05, 3.63) is 29.6 Å². The number of aryl methyl sites for hydroxylation is 1. The molecule has 0 N–H and O–H groups in total. The zero-order valence-electron chi connectivity index (χ0n) is 12.5. The van der Waals surface area contributed by atoms with Crippen LogP contribution in [-0.4, -0.2) is 11.9 Å². The molecule has 1 aromatic rings. The number of carbonyl (C=O) groups excluding carboxylic acids is 1. The smallest absolute Gasteiger partial charge is 0.229 e. The van der Waals surface area contributed by atoms with Gasteiger partial charge in [0.2, 0.25) is 5.91 Å². The van der Waals surface area contributed by atoms with E-state index < -0.39 is 0 Å². The zero-order valence-corrected chi connectivity index (χ0v) is 12.5. The molecule has 106 valence electrons. The lowest BCUT2D eigenvalue weighted by atomic mass is 10.1. The van der Waals surface area contributed by atoms with E-state index in [1.165, 1.54) is 6.07 Å². The van der Waals surface area contributed by atoms with Crippen LogP contribution in [0.4, 0.5) is 10.1 Å². The molecule has 0 saturated heterocycles. The maximum Gasteiger partial charge on any atom is 0.229 e. The van der Waals surface area contributed by atoms with Crippen LogP contribution in [0.15, 0.2) is 18.2 Å². The minimum Gasteiger partial charge on any atom is -0.307 e. The van der Waals surface area contributed by atoms with E-state index in [1.807, 2.05) is 27.7 Å². The van der Waals surface area contributed by atoms with Crippen LogP contribution in [-0.2, 0) is 4.79 Å². The molecule has 19 heavy (non-hydrogen) atoms. The fraction of sp³-hybridized carbons (Fsp3) is 0.562. The minimum absolute atomic E-state index is 0.0104. The fourth-order valence-corrected chi connectivity index (χ4v) is 2.21. The van der Waals surface area contributed by atoms with Crippen LogP contribution in [0.5, 0.6) is 0 Å². The van der Waals surface area contributed by atoms with E-state index in [2.05, 4.69) is 6.92 Å². The first kappa shape index (κ1) is 15.7. The highest BCUT2D eigenvalue weighted by molar-refractivity contribution is 5.95. The standard InChI is InChI=1S/C16H24FNO/c1-6-7-13(5)18(16(19)11(2)3)15-10-12(4)8-9-14(15)17/h8-11,13H,6-7H2,1-5H3. The molecule has 2 nitrogen and oxygen atoms in total. The molecule has 1 atom stereocenters. The summed E-state index contributed by atoms with van der Waals surface area (Å²) in [5.41, 5.74) is 1.36. The van der Waals surface area contributed by atoms with Gasteiger partial charge in [-0.05, 0) is 38.0 Å². The summed E-state index contributed by atoms with van der Waals surface area (Å²) in [6, 6.07) is 4.92. The second kappa shape index (κ2) is 6.69. The van der Waals surface area contributed by atoms with Gasteiger partial charge in [-0.3, -0.25) is 4.79 Å². The molecule has 0 fully saturated rings. The average molecular weight is 265 g/mol. The molecule has 0 aliphatic heterocycles. The summed E-state index contributed by atoms with van der Waals surface area (Å²) in [6.45, 7) is 9.65. The molecule has 0 saturated carbocycles. The summed E-state index contributed by atoms with van der Waals surface area (Å²) in [5, 5.41) is 0. The summed E-state index contributed by atoms with van der Waals surface area (Å²) < 4.78 is 14.1. The summed E-state index contributed by atoms with van der Waals surface area (Å²) in [6.07, 6.45) is 1.84. The predicted octanol–water partition coefficient (Wildman–Crippen LogP) is 4.31. The third-order valence-corrected chi connectivity index (χ3v) is 3.24. The van der Waals surface area contributed by atoms with E-state index in [1.54, 1.807) is 17.0 Å². The van der Waals surface area contributed by atoms with Gasteiger partial charge in [0.25, 0.3) is 0 Å². The van der Waals surface area contributed by atoms with Crippen molar-refractivity contribution in [1.82, 2.24) is 0 Å². The summed E-state index contributed by atoms with van der Waals surface area (Å²) in [5.74, 6) is -0.493. The van der Waals surface area contributed by atoms with Gasteiger partial charge in [-0.15, -0.1) is 0 Å². The van der Waals surface area contributed by atoms with Gasteiger partial charge < -0.3 is 4.90 Å². The Labute approximate surface area is 115 Å². The largest absolute Gasteiger partial charge is 0.307 e. The third-order valence-electron chi connectivity index (χ3n) is 3.24. The fourth-order valence-electron chi connectivity index (χ4n) is 2.21. The number of hydrogen-bond donors (Lipinski definition) is 0. The van der Waals surface area contributed by atoms with Crippen molar-refractivity contribution in [3.8, 4) is 0 Å². The van der Waals surface area contributed by atoms with Crippen LogP contribution in [0.2, 0.25) is 0 Å². The van der Waals surface area contributed by atoms with E-state index in [0.717, 1.165) is 18.4 Å². The Balaban J connectivity index is 3.22. The van der Waals surface area contributed by atoms with Gasteiger partial charge in [-0.1, -0.05) is 33.3 Å². The Kier molecular flexibility index (Phi) is 5.52. The highest BCUT2D eigenvalue weighted by Crippen LogP contribution is 2.26. The highest BCUT2D eigenvalue weighted by atomic mass is 19.1. The average Bonchev–Trinajstić information content (AvgIpc) is 2.34. The molecule has 0 aliphatic carbocycles. The molecule has 0 aliphatic rings. The van der Waals surface area contributed by atoms with Gasteiger partial charge >= 0.3 is 0 Å². The lowest BCUT2D eigenvalue weighted by molar-refractivity contribution is -0.121. The van der Waals surface area contributed by atoms with Crippen LogP contribution >= 0.6 is 0 Å². The van der Waals surface area contributed by atoms with E-state index in [4.69, 9.17) is 0 Å². The second-order valence-electron chi connectivity index (χ2n) is 5.46. The van der Waals surface area contributed by atoms with Crippen LogP contribution in [0.3, 0.4) is 0 Å². The molecule has 0 heterocycles. The van der Waals surface area contributed by atoms with Crippen molar-refractivity contribution in [2.24, 2.45) is 5.92 Å². The Morgan fingerprint density at radius 1 is 1.32 bits per heavy atom. The molecule has 0 radical (unpaired) electrons. The molecule has 1 aromatic carbocycles. The summed E-state index contributed by atoms with van der Waals surface area (Å²) >= 11 is 0. The Bertz CT molecular complexity index is 442. The molecular weight excluding hydrogens is 241 g/mol. The molecule has 0 bridgehead atoms. The van der Waals surface area contributed by atoms with Crippen LogP contribution < -0.4 is 4.90 Å². The van der Waals surface area contributed by atoms with Gasteiger partial charge in [0.15, 0.2) is 0 Å². The van der Waals surface area contributed by atoms with Gasteiger partial charge in [0.1, 0.15) is 5.82 Å². The van der Waals surface area contributed by atoms with Crippen molar-refractivity contribution >= 4 is 11.6 Å². The van der Waals surface area contributed by atoms with Crippen LogP contribution in [0.25, 0.3) is 0 Å². The van der Waals surface area contributed by atoms with E-state index in [9.17, 15) is 9.18 Å². The van der Waals surface area contributed by atoms with Crippen LogP contribution in [0.1, 0.15) is 46.1 Å². The van der Waals surface area contributed by atoms with Crippen molar-refractivity contribution in [3.63, 3.8) is 0 Å². The first-order valence-corrected chi connectivity index (χ1v) is 6.97. The van der Waals surface area contributed by atoms with Crippen molar-refractivity contribution in [2.75, 3.05) is 4.90 Å². The quantitative estimate of drug-likeness (QED) is 0.776. The first-order valence-electron chi connectivity index (χ1n) is 6.97. The number of rotatable bonds is 5. The number of carbonyl (C=O) groups is 1. The first-order chi connectivity index (χ1) is 8.88. The van der Waals surface area contributed by atoms with Gasteiger partial charge in [-0.25, -0.2) is 4.39 Å². The highest BCUT2D eigenvalue weighted by Gasteiger charge is 2.26. The molecular formula is C16H24FNO. The number of nitrogens with zero attached hydrogens (tertiary/aromatic N) is 1.